The molecule has 7 nitrogen and oxygen atoms in total. The first-order valence-corrected chi connectivity index (χ1v) is 19.8. The van der Waals surface area contributed by atoms with Crippen LogP contribution in [-0.4, -0.2) is 71.1 Å². The quantitative estimate of drug-likeness (QED) is 0.105. The summed E-state index contributed by atoms with van der Waals surface area (Å²) in [7, 11) is 0. The Morgan fingerprint density at radius 3 is 1.53 bits per heavy atom. The van der Waals surface area contributed by atoms with Crippen molar-refractivity contribution in [2.24, 2.45) is 45.8 Å². The molecule has 336 valence electrons. The van der Waals surface area contributed by atoms with Crippen LogP contribution in [0.2, 0.25) is 0 Å². The first-order chi connectivity index (χ1) is 26.1. The molecule has 5 aliphatic rings. The molecule has 5 aliphatic carbocycles. The lowest BCUT2D eigenvalue weighted by Gasteiger charge is -2.59. The summed E-state index contributed by atoms with van der Waals surface area (Å²) in [5.41, 5.74) is -12.8. The third kappa shape index (κ3) is 9.84. The summed E-state index contributed by atoms with van der Waals surface area (Å²) < 4.78 is 180. The van der Waals surface area contributed by atoms with Gasteiger partial charge in [0, 0.05) is 6.42 Å². The summed E-state index contributed by atoms with van der Waals surface area (Å²) in [6.07, 6.45) is -29.8. The molecule has 58 heavy (non-hydrogen) atoms. The predicted octanol–water partition coefficient (Wildman–Crippen LogP) is 10.7. The molecule has 0 aromatic carbocycles. The topological polar surface area (TPSA) is 99.1 Å². The van der Waals surface area contributed by atoms with E-state index in [1.54, 1.807) is 6.92 Å². The maximum Gasteiger partial charge on any atom is 0.434 e. The lowest BCUT2D eigenvalue weighted by molar-refractivity contribution is -0.375. The van der Waals surface area contributed by atoms with Crippen molar-refractivity contribution in [2.45, 2.75) is 180 Å². The van der Waals surface area contributed by atoms with Gasteiger partial charge in [-0.25, -0.2) is 0 Å². The summed E-state index contributed by atoms with van der Waals surface area (Å²) in [4.78, 5) is 42.1. The van der Waals surface area contributed by atoms with Gasteiger partial charge in [0.05, 0.1) is 16.2 Å². The minimum atomic E-state index is -6.23. The number of esters is 3. The molecule has 3 atom stereocenters. The number of halogens is 12. The van der Waals surface area contributed by atoms with Crippen LogP contribution in [0.25, 0.3) is 0 Å². The fourth-order valence-electron chi connectivity index (χ4n) is 10.4. The molecule has 5 fully saturated rings. The Kier molecular flexibility index (Phi) is 13.4. The van der Waals surface area contributed by atoms with Crippen LogP contribution in [0.4, 0.5) is 52.7 Å². The molecule has 0 aromatic rings. The summed E-state index contributed by atoms with van der Waals surface area (Å²) >= 11 is 0. The van der Waals surface area contributed by atoms with Gasteiger partial charge in [0.15, 0.2) is 0 Å². The van der Waals surface area contributed by atoms with Gasteiger partial charge in [0.1, 0.15) is 11.7 Å². The molecule has 0 radical (unpaired) electrons. The first kappa shape index (κ1) is 48.2. The Bertz CT molecular complexity index is 1440. The van der Waals surface area contributed by atoms with Gasteiger partial charge in [0.25, 0.3) is 11.7 Å². The fourth-order valence-corrected chi connectivity index (χ4v) is 10.4. The number of ether oxygens (including phenoxy) is 3. The number of hydrogen-bond donors (Lipinski definition) is 1. The molecule has 3 unspecified atom stereocenters. The van der Waals surface area contributed by atoms with Crippen molar-refractivity contribution in [3.8, 4) is 0 Å². The van der Waals surface area contributed by atoms with Gasteiger partial charge in [0.2, 0.25) is 0 Å². The van der Waals surface area contributed by atoms with E-state index >= 15 is 0 Å². The zero-order valence-corrected chi connectivity index (χ0v) is 33.4. The molecule has 0 amide bonds. The highest BCUT2D eigenvalue weighted by Crippen LogP contribution is 2.60. The molecule has 5 rings (SSSR count). The van der Waals surface area contributed by atoms with Gasteiger partial charge in [-0.3, -0.25) is 14.4 Å². The Morgan fingerprint density at radius 2 is 1.12 bits per heavy atom. The number of rotatable bonds is 14. The minimum absolute atomic E-state index is 0.0619. The van der Waals surface area contributed by atoms with E-state index in [1.165, 1.54) is 20.8 Å². The van der Waals surface area contributed by atoms with Crippen LogP contribution >= 0.6 is 0 Å². The SMILES string of the molecule is CCC(C)(CC(C)(CC(C)(C)C(=O)OC(C(F)(F)F)C(F)(F)F)C(=O)OC1(C)C2CC3CC(C2)CC1C3)C(=O)OC(CC(O)(C(F)(F)F)C(F)(F)F)C1CCCCC1. The smallest absolute Gasteiger partial charge is 0.434 e. The number of carbonyl (C=O) groups is 3. The van der Waals surface area contributed by atoms with Gasteiger partial charge in [-0.1, -0.05) is 26.2 Å². The summed E-state index contributed by atoms with van der Waals surface area (Å²) in [6, 6.07) is 0. The Labute approximate surface area is 329 Å². The number of carbonyl (C=O) groups excluding carboxylic acids is 3. The molecule has 0 saturated heterocycles. The van der Waals surface area contributed by atoms with E-state index in [1.807, 2.05) is 0 Å². The van der Waals surface area contributed by atoms with Crippen molar-refractivity contribution in [2.75, 3.05) is 0 Å². The second kappa shape index (κ2) is 16.1. The number of aliphatic hydroxyl groups is 1. The highest BCUT2D eigenvalue weighted by molar-refractivity contribution is 5.83. The van der Waals surface area contributed by atoms with Crippen LogP contribution in [0.5, 0.6) is 0 Å². The zero-order chi connectivity index (χ0) is 44.3. The van der Waals surface area contributed by atoms with Crippen molar-refractivity contribution in [1.82, 2.24) is 0 Å². The van der Waals surface area contributed by atoms with Crippen LogP contribution in [0.15, 0.2) is 0 Å². The molecular weight excluding hydrogens is 808 g/mol. The minimum Gasteiger partial charge on any atom is -0.462 e. The van der Waals surface area contributed by atoms with Crippen molar-refractivity contribution in [3.05, 3.63) is 0 Å². The summed E-state index contributed by atoms with van der Waals surface area (Å²) in [5.74, 6) is -4.88. The molecule has 0 heterocycles. The maximum atomic E-state index is 14.6. The second-order valence-corrected chi connectivity index (χ2v) is 18.9. The van der Waals surface area contributed by atoms with E-state index in [0.29, 0.717) is 31.1 Å². The average molecular weight is 863 g/mol. The van der Waals surface area contributed by atoms with Gasteiger partial charge in [-0.2, -0.15) is 52.7 Å². The van der Waals surface area contributed by atoms with E-state index in [-0.39, 0.29) is 31.1 Å². The Morgan fingerprint density at radius 1 is 0.655 bits per heavy atom. The van der Waals surface area contributed by atoms with Gasteiger partial charge in [-0.15, -0.1) is 0 Å². The third-order valence-electron chi connectivity index (χ3n) is 13.7. The number of hydrogen-bond acceptors (Lipinski definition) is 7. The van der Waals surface area contributed by atoms with E-state index in [0.717, 1.165) is 46.0 Å². The van der Waals surface area contributed by atoms with Gasteiger partial charge >= 0.3 is 42.6 Å². The normalized spacial score (nSPS) is 28.8. The molecule has 4 bridgehead atoms. The summed E-state index contributed by atoms with van der Waals surface area (Å²) in [5, 5.41) is 10.1. The largest absolute Gasteiger partial charge is 0.462 e. The fraction of sp³-hybridized carbons (Fsp3) is 0.923. The summed E-state index contributed by atoms with van der Waals surface area (Å²) in [6.45, 7) is 7.37. The highest BCUT2D eigenvalue weighted by Gasteiger charge is 2.71. The van der Waals surface area contributed by atoms with E-state index in [4.69, 9.17) is 9.47 Å². The van der Waals surface area contributed by atoms with Crippen LogP contribution in [0.1, 0.15) is 131 Å². The van der Waals surface area contributed by atoms with Crippen LogP contribution in [0.3, 0.4) is 0 Å². The lowest BCUT2D eigenvalue weighted by atomic mass is 9.50. The van der Waals surface area contributed by atoms with Crippen LogP contribution < -0.4 is 0 Å². The zero-order valence-electron chi connectivity index (χ0n) is 33.4. The van der Waals surface area contributed by atoms with Crippen molar-refractivity contribution < 1.29 is 86.4 Å². The second-order valence-electron chi connectivity index (χ2n) is 18.9. The standard InChI is InChI=1S/C39H54F12O7/c1-7-32(4,29(53)56-26(23-11-9-8-10-12-23)18-35(55,38(46,47)48)39(49,50)51)20-33(5,19-31(2,3)28(52)57-27(36(40,41)42)37(43,44)45)30(54)58-34(6)24-14-21-13-22(16-24)17-25(34)15-21/h21-27,55H,7-20H2,1-6H3. The van der Waals surface area contributed by atoms with Crippen molar-refractivity contribution >= 4 is 17.9 Å². The van der Waals surface area contributed by atoms with E-state index in [9.17, 15) is 72.2 Å². The Hall–Kier alpha value is -2.47. The van der Waals surface area contributed by atoms with Crippen LogP contribution in [0, 0.1) is 45.8 Å². The predicted molar refractivity (Wildman–Crippen MR) is 181 cm³/mol. The van der Waals surface area contributed by atoms with Crippen molar-refractivity contribution in [1.29, 1.82) is 0 Å². The van der Waals surface area contributed by atoms with Crippen molar-refractivity contribution in [3.63, 3.8) is 0 Å². The molecule has 0 aromatic heterocycles. The highest BCUT2D eigenvalue weighted by atomic mass is 19.4. The van der Waals surface area contributed by atoms with Gasteiger partial charge < -0.3 is 19.3 Å². The molecular formula is C39H54F12O7. The third-order valence-corrected chi connectivity index (χ3v) is 13.7. The molecule has 0 spiro atoms. The maximum absolute atomic E-state index is 14.6. The van der Waals surface area contributed by atoms with Crippen LogP contribution in [-0.2, 0) is 28.6 Å². The number of alkyl halides is 12. The van der Waals surface area contributed by atoms with E-state index < -0.39 is 107 Å². The monoisotopic (exact) mass is 862 g/mol. The first-order valence-electron chi connectivity index (χ1n) is 19.8. The van der Waals surface area contributed by atoms with E-state index in [2.05, 4.69) is 4.74 Å². The average Bonchev–Trinajstić information content (AvgIpc) is 3.06. The Balaban J connectivity index is 1.72. The molecule has 19 heteroatoms. The lowest BCUT2D eigenvalue weighted by Crippen LogP contribution is -2.60. The van der Waals surface area contributed by atoms with Gasteiger partial charge in [-0.05, 0) is 128 Å². The molecule has 0 aliphatic heterocycles. The molecule has 5 saturated carbocycles. The molecule has 1 N–H and O–H groups in total.